The Morgan fingerprint density at radius 2 is 1.74 bits per heavy atom. The Morgan fingerprint density at radius 1 is 1.10 bits per heavy atom. The van der Waals surface area contributed by atoms with Crippen molar-refractivity contribution in [2.24, 2.45) is 0 Å². The van der Waals surface area contributed by atoms with E-state index in [4.69, 9.17) is 0 Å². The topological polar surface area (TPSA) is 133 Å². The molecule has 1 aliphatic rings. The first-order valence-electron chi connectivity index (χ1n) is 11.9. The number of alkyl halides is 3. The van der Waals surface area contributed by atoms with Crippen LogP contribution in [0.5, 0.6) is 5.75 Å². The maximum absolute atomic E-state index is 13.5. The van der Waals surface area contributed by atoms with Gasteiger partial charge in [-0.15, -0.1) is 13.2 Å². The molecule has 3 rings (SSSR count). The molecule has 212 valence electrons. The predicted molar refractivity (Wildman–Crippen MR) is 132 cm³/mol. The van der Waals surface area contributed by atoms with Gasteiger partial charge in [-0.2, -0.15) is 4.31 Å². The van der Waals surface area contributed by atoms with Crippen molar-refractivity contribution in [3.05, 3.63) is 59.2 Å². The zero-order valence-corrected chi connectivity index (χ0v) is 22.2. The third-order valence-corrected chi connectivity index (χ3v) is 8.11. The Bertz CT molecular complexity index is 1350. The summed E-state index contributed by atoms with van der Waals surface area (Å²) in [5.74, 6) is -3.70. The molecule has 2 aromatic rings. The van der Waals surface area contributed by atoms with Crippen LogP contribution in [0.15, 0.2) is 47.4 Å². The maximum atomic E-state index is 13.5. The van der Waals surface area contributed by atoms with E-state index in [0.29, 0.717) is 18.1 Å². The van der Waals surface area contributed by atoms with Gasteiger partial charge in [-0.05, 0) is 35.2 Å². The minimum atomic E-state index is -5.20. The summed E-state index contributed by atoms with van der Waals surface area (Å²) < 4.78 is 69.6. The highest BCUT2D eigenvalue weighted by atomic mass is 32.2. The lowest BCUT2D eigenvalue weighted by Crippen LogP contribution is -2.61. The highest BCUT2D eigenvalue weighted by molar-refractivity contribution is 7.89. The Balaban J connectivity index is 1.90. The Hall–Kier alpha value is -3.65. The van der Waals surface area contributed by atoms with Gasteiger partial charge in [0.2, 0.25) is 21.8 Å². The van der Waals surface area contributed by atoms with Gasteiger partial charge in [0, 0.05) is 33.1 Å². The minimum absolute atomic E-state index is 0.0456. The SMILES string of the molecule is CC(=O)N1CCN(S(=O)(=O)c2ccc(OC(F)(F)F)c(C(=O)O)c2)[C@@H](C(=O)NCc2ccc(C(C)C)cc2)C1. The molecule has 1 saturated heterocycles. The molecule has 0 bridgehead atoms. The van der Waals surface area contributed by atoms with Crippen LogP contribution in [-0.2, 0) is 26.2 Å². The van der Waals surface area contributed by atoms with Crippen LogP contribution in [0.3, 0.4) is 0 Å². The summed E-state index contributed by atoms with van der Waals surface area (Å²) >= 11 is 0. The Kier molecular flexibility index (Phi) is 8.91. The number of benzene rings is 2. The molecular formula is C25H28F3N3O7S. The lowest BCUT2D eigenvalue weighted by Gasteiger charge is -2.39. The normalized spacial score (nSPS) is 16.7. The highest BCUT2D eigenvalue weighted by Crippen LogP contribution is 2.31. The second-order valence-corrected chi connectivity index (χ2v) is 11.1. The average molecular weight is 572 g/mol. The highest BCUT2D eigenvalue weighted by Gasteiger charge is 2.41. The van der Waals surface area contributed by atoms with Crippen molar-refractivity contribution in [2.75, 3.05) is 19.6 Å². The van der Waals surface area contributed by atoms with Gasteiger partial charge in [0.25, 0.3) is 0 Å². The third-order valence-electron chi connectivity index (χ3n) is 6.21. The van der Waals surface area contributed by atoms with Crippen molar-refractivity contribution in [3.8, 4) is 5.75 Å². The average Bonchev–Trinajstić information content (AvgIpc) is 2.86. The molecule has 1 fully saturated rings. The molecule has 0 unspecified atom stereocenters. The molecule has 2 amide bonds. The van der Waals surface area contributed by atoms with Crippen molar-refractivity contribution in [1.82, 2.24) is 14.5 Å². The third kappa shape index (κ3) is 7.26. The fraction of sp³-hybridized carbons (Fsp3) is 0.400. The van der Waals surface area contributed by atoms with Crippen molar-refractivity contribution < 1.29 is 45.8 Å². The predicted octanol–water partition coefficient (Wildman–Crippen LogP) is 2.94. The summed E-state index contributed by atoms with van der Waals surface area (Å²) in [6, 6.07) is 8.00. The Morgan fingerprint density at radius 3 is 2.28 bits per heavy atom. The summed E-state index contributed by atoms with van der Waals surface area (Å²) in [5, 5.41) is 12.0. The lowest BCUT2D eigenvalue weighted by molar-refractivity contribution is -0.274. The van der Waals surface area contributed by atoms with Crippen molar-refractivity contribution in [1.29, 1.82) is 0 Å². The molecule has 1 atom stereocenters. The molecule has 0 radical (unpaired) electrons. The summed E-state index contributed by atoms with van der Waals surface area (Å²) in [5.41, 5.74) is 0.827. The van der Waals surface area contributed by atoms with Crippen molar-refractivity contribution in [2.45, 2.75) is 50.5 Å². The number of carboxylic acid groups (broad SMARTS) is 1. The van der Waals surface area contributed by atoms with Gasteiger partial charge in [0.15, 0.2) is 0 Å². The fourth-order valence-corrected chi connectivity index (χ4v) is 5.66. The first-order valence-corrected chi connectivity index (χ1v) is 13.3. The lowest BCUT2D eigenvalue weighted by atomic mass is 10.0. The molecule has 0 aromatic heterocycles. The second kappa shape index (κ2) is 11.6. The molecule has 0 spiro atoms. The molecule has 0 aliphatic carbocycles. The number of nitrogens with one attached hydrogen (secondary N) is 1. The fourth-order valence-electron chi connectivity index (χ4n) is 4.07. The number of piperazine rings is 1. The number of amides is 2. The van der Waals surface area contributed by atoms with Crippen LogP contribution in [-0.4, -0.2) is 72.6 Å². The largest absolute Gasteiger partial charge is 0.573 e. The number of halogens is 3. The standard InChI is InChI=1S/C25H28F3N3O7S/c1-15(2)18-6-4-17(5-7-18)13-29-23(33)21-14-30(16(3)32)10-11-31(21)39(36,37)19-8-9-22(38-25(26,27)28)20(12-19)24(34)35/h4-9,12,15,21H,10-11,13-14H2,1-3H3,(H,29,33)(H,34,35)/t21-/m1/s1. The van der Waals surface area contributed by atoms with Crippen LogP contribution in [0.4, 0.5) is 13.2 Å². The van der Waals surface area contributed by atoms with Gasteiger partial charge in [0.05, 0.1) is 4.90 Å². The summed E-state index contributed by atoms with van der Waals surface area (Å²) in [7, 11) is -4.59. The molecule has 2 N–H and O–H groups in total. The van der Waals surface area contributed by atoms with E-state index in [9.17, 15) is 41.1 Å². The van der Waals surface area contributed by atoms with Crippen LogP contribution < -0.4 is 10.1 Å². The summed E-state index contributed by atoms with van der Waals surface area (Å²) in [6.07, 6.45) is -5.20. The molecule has 2 aromatic carbocycles. The quantitative estimate of drug-likeness (QED) is 0.498. The van der Waals surface area contributed by atoms with Crippen LogP contribution in [0.25, 0.3) is 0 Å². The number of carboxylic acids is 1. The minimum Gasteiger partial charge on any atom is -0.478 e. The van der Waals surface area contributed by atoms with E-state index in [-0.39, 0.29) is 32.1 Å². The van der Waals surface area contributed by atoms with Crippen molar-refractivity contribution in [3.63, 3.8) is 0 Å². The van der Waals surface area contributed by atoms with E-state index < -0.39 is 50.5 Å². The summed E-state index contributed by atoms with van der Waals surface area (Å²) in [4.78, 5) is 37.4. The van der Waals surface area contributed by atoms with E-state index in [2.05, 4.69) is 10.1 Å². The number of rotatable bonds is 8. The van der Waals surface area contributed by atoms with Crippen LogP contribution in [0.1, 0.15) is 48.2 Å². The monoisotopic (exact) mass is 571 g/mol. The molecular weight excluding hydrogens is 543 g/mol. The van der Waals surface area contributed by atoms with Gasteiger partial charge < -0.3 is 20.1 Å². The van der Waals surface area contributed by atoms with Crippen LogP contribution >= 0.6 is 0 Å². The molecule has 14 heteroatoms. The van der Waals surface area contributed by atoms with E-state index in [1.54, 1.807) is 0 Å². The number of hydrogen-bond donors (Lipinski definition) is 2. The van der Waals surface area contributed by atoms with Gasteiger partial charge in [0.1, 0.15) is 17.4 Å². The number of aromatic carboxylic acids is 1. The first-order chi connectivity index (χ1) is 18.1. The number of hydrogen-bond acceptors (Lipinski definition) is 6. The van der Waals surface area contributed by atoms with Crippen LogP contribution in [0, 0.1) is 0 Å². The molecule has 1 aliphatic heterocycles. The molecule has 39 heavy (non-hydrogen) atoms. The number of carbonyl (C=O) groups excluding carboxylic acids is 2. The smallest absolute Gasteiger partial charge is 0.478 e. The van der Waals surface area contributed by atoms with Gasteiger partial charge in [-0.3, -0.25) is 9.59 Å². The number of carbonyl (C=O) groups is 3. The van der Waals surface area contributed by atoms with Gasteiger partial charge in [-0.1, -0.05) is 38.1 Å². The van der Waals surface area contributed by atoms with E-state index in [1.807, 2.05) is 38.1 Å². The van der Waals surface area contributed by atoms with E-state index in [1.165, 1.54) is 11.8 Å². The van der Waals surface area contributed by atoms with E-state index >= 15 is 0 Å². The van der Waals surface area contributed by atoms with Gasteiger partial charge in [-0.25, -0.2) is 13.2 Å². The molecule has 10 nitrogen and oxygen atoms in total. The zero-order valence-electron chi connectivity index (χ0n) is 21.4. The van der Waals surface area contributed by atoms with Gasteiger partial charge >= 0.3 is 12.3 Å². The second-order valence-electron chi connectivity index (χ2n) is 9.22. The van der Waals surface area contributed by atoms with Crippen LogP contribution in [0.2, 0.25) is 0 Å². The zero-order chi connectivity index (χ0) is 29.1. The number of sulfonamides is 1. The molecule has 0 saturated carbocycles. The number of nitrogens with zero attached hydrogens (tertiary/aromatic N) is 2. The number of ether oxygens (including phenoxy) is 1. The van der Waals surface area contributed by atoms with E-state index in [0.717, 1.165) is 21.5 Å². The molecule has 1 heterocycles. The first kappa shape index (κ1) is 29.9. The summed E-state index contributed by atoms with van der Waals surface area (Å²) in [6.45, 7) is 4.80. The maximum Gasteiger partial charge on any atom is 0.573 e. The Labute approximate surface area is 223 Å². The van der Waals surface area contributed by atoms with Crippen molar-refractivity contribution >= 4 is 27.8 Å².